The third-order valence-corrected chi connectivity index (χ3v) is 4.51. The highest BCUT2D eigenvalue weighted by Gasteiger charge is 2.23. The maximum atomic E-state index is 6.17. The molecule has 1 aromatic rings. The van der Waals surface area contributed by atoms with Crippen molar-refractivity contribution in [3.8, 4) is 0 Å². The normalized spacial score (nSPS) is 16.4. The van der Waals surface area contributed by atoms with Crippen LogP contribution < -0.4 is 5.73 Å². The monoisotopic (exact) mass is 274 g/mol. The zero-order valence-corrected chi connectivity index (χ0v) is 13.4. The molecule has 1 saturated carbocycles. The SMILES string of the molecule is Cc1ccc(N)c(CN(CCC(C)C)C2CCCC2)c1. The lowest BCUT2D eigenvalue weighted by Crippen LogP contribution is -2.34. The van der Waals surface area contributed by atoms with Crippen LogP contribution in [-0.2, 0) is 6.54 Å². The number of aryl methyl sites for hydroxylation is 1. The van der Waals surface area contributed by atoms with E-state index in [2.05, 4.69) is 43.9 Å². The van der Waals surface area contributed by atoms with E-state index in [9.17, 15) is 0 Å². The van der Waals surface area contributed by atoms with Crippen molar-refractivity contribution in [1.82, 2.24) is 4.90 Å². The van der Waals surface area contributed by atoms with Crippen molar-refractivity contribution in [2.75, 3.05) is 12.3 Å². The van der Waals surface area contributed by atoms with Crippen LogP contribution in [-0.4, -0.2) is 17.5 Å². The average Bonchev–Trinajstić information content (AvgIpc) is 2.92. The third-order valence-electron chi connectivity index (χ3n) is 4.51. The van der Waals surface area contributed by atoms with Crippen LogP contribution in [0.15, 0.2) is 18.2 Å². The topological polar surface area (TPSA) is 29.3 Å². The van der Waals surface area contributed by atoms with E-state index in [1.54, 1.807) is 0 Å². The molecule has 0 aliphatic heterocycles. The maximum absolute atomic E-state index is 6.17. The van der Waals surface area contributed by atoms with Crippen molar-refractivity contribution < 1.29 is 0 Å². The third kappa shape index (κ3) is 4.24. The van der Waals surface area contributed by atoms with Gasteiger partial charge in [-0.15, -0.1) is 0 Å². The highest BCUT2D eigenvalue weighted by molar-refractivity contribution is 5.48. The maximum Gasteiger partial charge on any atom is 0.0359 e. The van der Waals surface area contributed by atoms with Crippen molar-refractivity contribution in [2.45, 2.75) is 65.5 Å². The molecule has 0 bridgehead atoms. The lowest BCUT2D eigenvalue weighted by Gasteiger charge is -2.30. The summed E-state index contributed by atoms with van der Waals surface area (Å²) < 4.78 is 0. The van der Waals surface area contributed by atoms with E-state index in [0.29, 0.717) is 0 Å². The molecule has 1 fully saturated rings. The molecule has 0 heterocycles. The second kappa shape index (κ2) is 7.12. The summed E-state index contributed by atoms with van der Waals surface area (Å²) in [4.78, 5) is 2.68. The largest absolute Gasteiger partial charge is 0.398 e. The number of nitrogens with two attached hydrogens (primary N) is 1. The summed E-state index contributed by atoms with van der Waals surface area (Å²) >= 11 is 0. The molecule has 2 nitrogen and oxygen atoms in total. The standard InChI is InChI=1S/C18H30N2/c1-14(2)10-11-20(17-6-4-5-7-17)13-16-12-15(3)8-9-18(16)19/h8-9,12,14,17H,4-7,10-11,13,19H2,1-3H3. The van der Waals surface area contributed by atoms with Gasteiger partial charge in [0.15, 0.2) is 0 Å². The number of nitrogens with zero attached hydrogens (tertiary/aromatic N) is 1. The van der Waals surface area contributed by atoms with Gasteiger partial charge in [0.2, 0.25) is 0 Å². The fraction of sp³-hybridized carbons (Fsp3) is 0.667. The quantitative estimate of drug-likeness (QED) is 0.781. The lowest BCUT2D eigenvalue weighted by atomic mass is 10.1. The smallest absolute Gasteiger partial charge is 0.0359 e. The minimum atomic E-state index is 0.772. The molecular weight excluding hydrogens is 244 g/mol. The number of hydrogen-bond donors (Lipinski definition) is 1. The molecule has 0 spiro atoms. The minimum absolute atomic E-state index is 0.772. The Labute approximate surface area is 124 Å². The van der Waals surface area contributed by atoms with E-state index in [4.69, 9.17) is 5.73 Å². The first-order valence-corrected chi connectivity index (χ1v) is 8.15. The first-order valence-electron chi connectivity index (χ1n) is 8.15. The summed E-state index contributed by atoms with van der Waals surface area (Å²) in [6.45, 7) is 9.00. The van der Waals surface area contributed by atoms with E-state index in [1.165, 1.54) is 49.8 Å². The van der Waals surface area contributed by atoms with Crippen molar-refractivity contribution in [1.29, 1.82) is 0 Å². The summed E-state index contributed by atoms with van der Waals surface area (Å²) in [6, 6.07) is 7.19. The fourth-order valence-corrected chi connectivity index (χ4v) is 3.17. The van der Waals surface area contributed by atoms with Gasteiger partial charge in [-0.3, -0.25) is 4.90 Å². The number of benzene rings is 1. The molecule has 0 unspecified atom stereocenters. The van der Waals surface area contributed by atoms with Crippen LogP contribution in [0, 0.1) is 12.8 Å². The number of hydrogen-bond acceptors (Lipinski definition) is 2. The molecule has 1 aliphatic carbocycles. The van der Waals surface area contributed by atoms with Crippen LogP contribution in [0.5, 0.6) is 0 Å². The van der Waals surface area contributed by atoms with Crippen molar-refractivity contribution in [3.05, 3.63) is 29.3 Å². The minimum Gasteiger partial charge on any atom is -0.398 e. The molecule has 2 rings (SSSR count). The Kier molecular flexibility index (Phi) is 5.47. The van der Waals surface area contributed by atoms with Gasteiger partial charge in [0.1, 0.15) is 0 Å². The van der Waals surface area contributed by atoms with E-state index in [-0.39, 0.29) is 0 Å². The second-order valence-corrected chi connectivity index (χ2v) is 6.79. The molecule has 1 aromatic carbocycles. The molecule has 2 heteroatoms. The van der Waals surface area contributed by atoms with Crippen LogP contribution in [0.1, 0.15) is 57.1 Å². The van der Waals surface area contributed by atoms with Crippen molar-refractivity contribution >= 4 is 5.69 Å². The summed E-state index contributed by atoms with van der Waals surface area (Å²) in [5.74, 6) is 0.772. The van der Waals surface area contributed by atoms with Crippen LogP contribution in [0.4, 0.5) is 5.69 Å². The molecular formula is C18H30N2. The Bertz CT molecular complexity index is 419. The van der Waals surface area contributed by atoms with Crippen LogP contribution in [0.2, 0.25) is 0 Å². The Morgan fingerprint density at radius 3 is 2.60 bits per heavy atom. The van der Waals surface area contributed by atoms with E-state index >= 15 is 0 Å². The summed E-state index contributed by atoms with van der Waals surface area (Å²) in [5.41, 5.74) is 9.73. The van der Waals surface area contributed by atoms with Gasteiger partial charge in [-0.25, -0.2) is 0 Å². The first-order chi connectivity index (χ1) is 9.56. The van der Waals surface area contributed by atoms with Gasteiger partial charge in [0.25, 0.3) is 0 Å². The zero-order valence-electron chi connectivity index (χ0n) is 13.4. The van der Waals surface area contributed by atoms with E-state index < -0.39 is 0 Å². The second-order valence-electron chi connectivity index (χ2n) is 6.79. The number of rotatable bonds is 6. The number of nitrogen functional groups attached to an aromatic ring is 1. The van der Waals surface area contributed by atoms with Crippen molar-refractivity contribution in [2.24, 2.45) is 5.92 Å². The Morgan fingerprint density at radius 2 is 1.95 bits per heavy atom. The molecule has 0 atom stereocenters. The Hall–Kier alpha value is -1.02. The lowest BCUT2D eigenvalue weighted by molar-refractivity contribution is 0.180. The van der Waals surface area contributed by atoms with Crippen LogP contribution in [0.3, 0.4) is 0 Å². The molecule has 0 aromatic heterocycles. The number of anilines is 1. The van der Waals surface area contributed by atoms with Gasteiger partial charge in [-0.1, -0.05) is 44.4 Å². The Balaban J connectivity index is 2.07. The summed E-state index contributed by atoms with van der Waals surface area (Å²) in [6.07, 6.45) is 6.80. The molecule has 0 saturated heterocycles. The zero-order chi connectivity index (χ0) is 14.5. The predicted octanol–water partition coefficient (Wildman–Crippen LogP) is 4.37. The molecule has 0 amide bonds. The average molecular weight is 274 g/mol. The molecule has 112 valence electrons. The predicted molar refractivity (Wildman–Crippen MR) is 87.7 cm³/mol. The summed E-state index contributed by atoms with van der Waals surface area (Å²) in [5, 5.41) is 0. The van der Waals surface area contributed by atoms with E-state index in [1.807, 2.05) is 0 Å². The van der Waals surface area contributed by atoms with Gasteiger partial charge >= 0.3 is 0 Å². The van der Waals surface area contributed by atoms with E-state index in [0.717, 1.165) is 24.2 Å². The van der Waals surface area contributed by atoms with Crippen LogP contribution >= 0.6 is 0 Å². The van der Waals surface area contributed by atoms with Crippen molar-refractivity contribution in [3.63, 3.8) is 0 Å². The molecule has 0 radical (unpaired) electrons. The van der Waals surface area contributed by atoms with Crippen LogP contribution in [0.25, 0.3) is 0 Å². The van der Waals surface area contributed by atoms with Gasteiger partial charge in [-0.2, -0.15) is 0 Å². The fourth-order valence-electron chi connectivity index (χ4n) is 3.17. The van der Waals surface area contributed by atoms with Gasteiger partial charge in [-0.05, 0) is 50.3 Å². The first kappa shape index (κ1) is 15.4. The van der Waals surface area contributed by atoms with Gasteiger partial charge < -0.3 is 5.73 Å². The van der Waals surface area contributed by atoms with Gasteiger partial charge in [0.05, 0.1) is 0 Å². The summed E-state index contributed by atoms with van der Waals surface area (Å²) in [7, 11) is 0. The molecule has 20 heavy (non-hydrogen) atoms. The highest BCUT2D eigenvalue weighted by atomic mass is 15.2. The molecule has 2 N–H and O–H groups in total. The Morgan fingerprint density at radius 1 is 1.25 bits per heavy atom. The highest BCUT2D eigenvalue weighted by Crippen LogP contribution is 2.27. The molecule has 1 aliphatic rings. The van der Waals surface area contributed by atoms with Gasteiger partial charge in [0, 0.05) is 18.3 Å².